The molecule has 3 unspecified atom stereocenters. The van der Waals surface area contributed by atoms with Gasteiger partial charge in [-0.15, -0.1) is 4.72 Å². The van der Waals surface area contributed by atoms with Crippen molar-refractivity contribution in [2.75, 3.05) is 0 Å². The number of para-hydroxylation sites is 1. The summed E-state index contributed by atoms with van der Waals surface area (Å²) in [5.74, 6) is -4.72. The molecule has 2 aromatic carbocycles. The molecular formula is C19H18ClNO7S. The van der Waals surface area contributed by atoms with Crippen LogP contribution in [0.1, 0.15) is 30.7 Å². The van der Waals surface area contributed by atoms with E-state index in [1.54, 1.807) is 10.8 Å². The number of benzene rings is 2. The first-order chi connectivity index (χ1) is 13.7. The molecule has 0 radical (unpaired) electrons. The number of carbonyl (C=O) groups is 1. The molecule has 2 aromatic rings. The largest absolute Gasteiger partial charge is 0.486 e. The molecule has 1 saturated carbocycles. The van der Waals surface area contributed by atoms with Crippen molar-refractivity contribution in [2.24, 2.45) is 0 Å². The molecule has 29 heavy (non-hydrogen) atoms. The van der Waals surface area contributed by atoms with Crippen LogP contribution in [0.25, 0.3) is 0 Å². The zero-order chi connectivity index (χ0) is 20.8. The van der Waals surface area contributed by atoms with E-state index in [0.29, 0.717) is 10.8 Å². The number of ether oxygens (including phenoxy) is 2. The monoisotopic (exact) mass is 439 g/mol. The molecule has 0 spiro atoms. The van der Waals surface area contributed by atoms with E-state index in [4.69, 9.17) is 21.1 Å². The van der Waals surface area contributed by atoms with Crippen molar-refractivity contribution >= 4 is 27.6 Å². The minimum atomic E-state index is -4.43. The summed E-state index contributed by atoms with van der Waals surface area (Å²) in [6, 6.07) is 9.93. The molecule has 1 aliphatic carbocycles. The van der Waals surface area contributed by atoms with Crippen LogP contribution in [0.5, 0.6) is 11.5 Å². The van der Waals surface area contributed by atoms with E-state index < -0.39 is 21.9 Å². The third kappa shape index (κ3) is 3.66. The smallest absolute Gasteiger partial charge is 0.395 e. The zero-order valence-corrected chi connectivity index (χ0v) is 16.6. The summed E-state index contributed by atoms with van der Waals surface area (Å²) < 4.78 is 38.0. The summed E-state index contributed by atoms with van der Waals surface area (Å²) in [6.07, 6.45) is 2.80. The topological polar surface area (TPSA) is 122 Å². The number of hydrogen-bond donors (Lipinski definition) is 3. The van der Waals surface area contributed by atoms with Gasteiger partial charge in [0.05, 0.1) is 4.90 Å². The number of rotatable bonds is 6. The van der Waals surface area contributed by atoms with Crippen LogP contribution in [0.2, 0.25) is 5.02 Å². The zero-order valence-electron chi connectivity index (χ0n) is 15.0. The number of carboxylic acid groups (broad SMARTS) is 1. The normalized spacial score (nSPS) is 22.3. The molecule has 1 heterocycles. The Hall–Kier alpha value is -2.33. The van der Waals surface area contributed by atoms with Crippen molar-refractivity contribution in [1.29, 1.82) is 0 Å². The van der Waals surface area contributed by atoms with Gasteiger partial charge in [-0.05, 0) is 49.6 Å². The lowest BCUT2D eigenvalue weighted by Gasteiger charge is -2.26. The number of hydrogen-bond acceptors (Lipinski definition) is 6. The molecular weight excluding hydrogens is 422 g/mol. The van der Waals surface area contributed by atoms with Crippen molar-refractivity contribution in [1.82, 2.24) is 4.72 Å². The van der Waals surface area contributed by atoms with Gasteiger partial charge in [0.15, 0.2) is 11.5 Å². The maximum atomic E-state index is 12.6. The average Bonchev–Trinajstić information content (AvgIpc) is 3.23. The fraction of sp³-hybridized carbons (Fsp3) is 0.316. The molecule has 1 fully saturated rings. The summed E-state index contributed by atoms with van der Waals surface area (Å²) in [5, 5.41) is 20.3. The van der Waals surface area contributed by atoms with Crippen LogP contribution in [0.4, 0.5) is 0 Å². The van der Waals surface area contributed by atoms with Gasteiger partial charge in [-0.2, -0.15) is 0 Å². The van der Waals surface area contributed by atoms with Crippen LogP contribution in [0, 0.1) is 0 Å². The highest BCUT2D eigenvalue weighted by Gasteiger charge is 2.46. The first kappa shape index (κ1) is 20.0. The van der Waals surface area contributed by atoms with E-state index in [0.717, 1.165) is 24.8 Å². The van der Waals surface area contributed by atoms with E-state index >= 15 is 0 Å². The van der Waals surface area contributed by atoms with Gasteiger partial charge in [-0.3, -0.25) is 0 Å². The lowest BCUT2D eigenvalue weighted by molar-refractivity contribution is -0.197. The standard InChI is InChI=1S/C19H18ClNO7S/c20-11-7-9-12(10-8-11)29(25,26)21-19(24,18(22)23)28-16-6-2-4-14-13-3-1-5-15(13)27-17(14)16/h2,4,6-10,13,15,21,24H,1,3,5H2,(H,22,23). The minimum Gasteiger partial charge on any atom is -0.486 e. The van der Waals surface area contributed by atoms with Gasteiger partial charge in [0, 0.05) is 16.5 Å². The molecule has 8 nitrogen and oxygen atoms in total. The van der Waals surface area contributed by atoms with Gasteiger partial charge in [0.25, 0.3) is 0 Å². The third-order valence-corrected chi connectivity index (χ3v) is 6.76. The van der Waals surface area contributed by atoms with Crippen LogP contribution in [-0.2, 0) is 14.8 Å². The summed E-state index contributed by atoms with van der Waals surface area (Å²) in [5.41, 5.74) is 0.860. The fourth-order valence-corrected chi connectivity index (χ4v) is 4.96. The quantitative estimate of drug-likeness (QED) is 0.591. The second kappa shape index (κ2) is 7.17. The van der Waals surface area contributed by atoms with Gasteiger partial charge < -0.3 is 19.7 Å². The van der Waals surface area contributed by atoms with Gasteiger partial charge in [0.2, 0.25) is 10.0 Å². The molecule has 10 heteroatoms. The summed E-state index contributed by atoms with van der Waals surface area (Å²) in [4.78, 5) is 11.4. The molecule has 1 aliphatic heterocycles. The van der Waals surface area contributed by atoms with Gasteiger partial charge in [0.1, 0.15) is 6.10 Å². The Labute approximate surface area is 172 Å². The molecule has 0 bridgehead atoms. The van der Waals surface area contributed by atoms with E-state index in [1.165, 1.54) is 30.3 Å². The second-order valence-corrected chi connectivity index (χ2v) is 9.10. The maximum Gasteiger partial charge on any atom is 0.395 e. The molecule has 3 N–H and O–H groups in total. The van der Waals surface area contributed by atoms with Crippen LogP contribution in [0.3, 0.4) is 0 Å². The summed E-state index contributed by atoms with van der Waals surface area (Å²) in [7, 11) is -4.43. The van der Waals surface area contributed by atoms with Crippen LogP contribution in [-0.4, -0.2) is 36.6 Å². The predicted molar refractivity (Wildman–Crippen MR) is 102 cm³/mol. The van der Waals surface area contributed by atoms with Crippen molar-refractivity contribution < 1.29 is 32.9 Å². The van der Waals surface area contributed by atoms with E-state index in [-0.39, 0.29) is 22.7 Å². The Morgan fingerprint density at radius 3 is 2.62 bits per heavy atom. The molecule has 2 aliphatic rings. The first-order valence-electron chi connectivity index (χ1n) is 8.93. The number of halogens is 1. The van der Waals surface area contributed by atoms with Crippen LogP contribution < -0.4 is 14.2 Å². The Balaban J connectivity index is 1.64. The second-order valence-electron chi connectivity index (χ2n) is 6.98. The predicted octanol–water partition coefficient (Wildman–Crippen LogP) is 2.46. The maximum absolute atomic E-state index is 12.6. The first-order valence-corrected chi connectivity index (χ1v) is 10.8. The Morgan fingerprint density at radius 1 is 1.21 bits per heavy atom. The van der Waals surface area contributed by atoms with Crippen molar-refractivity contribution in [3.8, 4) is 11.5 Å². The SMILES string of the molecule is O=C(O)C(O)(NS(=O)(=O)c1ccc(Cl)cc1)Oc1cccc2c1OC1CCCC21. The van der Waals surface area contributed by atoms with E-state index in [9.17, 15) is 23.4 Å². The molecule has 0 saturated heterocycles. The van der Waals surface area contributed by atoms with Crippen molar-refractivity contribution in [3.05, 3.63) is 53.1 Å². The number of aliphatic carboxylic acids is 1. The Bertz CT molecular complexity index is 1060. The molecule has 3 atom stereocenters. The Morgan fingerprint density at radius 2 is 1.93 bits per heavy atom. The van der Waals surface area contributed by atoms with E-state index in [2.05, 4.69) is 0 Å². The number of nitrogens with one attached hydrogen (secondary N) is 1. The van der Waals surface area contributed by atoms with Gasteiger partial charge in [-0.25, -0.2) is 13.2 Å². The van der Waals surface area contributed by atoms with Crippen LogP contribution >= 0.6 is 11.6 Å². The summed E-state index contributed by atoms with van der Waals surface area (Å²) >= 11 is 5.75. The molecule has 0 aromatic heterocycles. The lowest BCUT2D eigenvalue weighted by atomic mass is 9.97. The highest BCUT2D eigenvalue weighted by molar-refractivity contribution is 7.89. The van der Waals surface area contributed by atoms with E-state index in [1.807, 2.05) is 6.07 Å². The number of aliphatic hydroxyl groups is 1. The molecule has 0 amide bonds. The number of fused-ring (bicyclic) bond motifs is 3. The fourth-order valence-electron chi connectivity index (χ4n) is 3.73. The molecule has 154 valence electrons. The number of sulfonamides is 1. The van der Waals surface area contributed by atoms with Gasteiger partial charge >= 0.3 is 11.9 Å². The highest BCUT2D eigenvalue weighted by atomic mass is 35.5. The lowest BCUT2D eigenvalue weighted by Crippen LogP contribution is -2.58. The highest BCUT2D eigenvalue weighted by Crippen LogP contribution is 2.51. The van der Waals surface area contributed by atoms with Crippen molar-refractivity contribution in [3.63, 3.8) is 0 Å². The summed E-state index contributed by atoms with van der Waals surface area (Å²) in [6.45, 7) is 0. The van der Waals surface area contributed by atoms with Gasteiger partial charge in [-0.1, -0.05) is 23.7 Å². The minimum absolute atomic E-state index is 0.0292. The molecule has 4 rings (SSSR count). The Kier molecular flexibility index (Phi) is 4.94. The number of carboxylic acids is 1. The third-order valence-electron chi connectivity index (χ3n) is 5.07. The average molecular weight is 440 g/mol. The van der Waals surface area contributed by atoms with Crippen molar-refractivity contribution in [2.45, 2.75) is 42.1 Å². The van der Waals surface area contributed by atoms with Crippen LogP contribution in [0.15, 0.2) is 47.4 Å².